The number of carboxylic acid groups (broad SMARTS) is 2. The van der Waals surface area contributed by atoms with Gasteiger partial charge < -0.3 is 21.1 Å². The second kappa shape index (κ2) is 7.32. The number of aliphatic hydroxyl groups is 1. The van der Waals surface area contributed by atoms with Gasteiger partial charge in [0.2, 0.25) is 0 Å². The van der Waals surface area contributed by atoms with Crippen LogP contribution in [0.1, 0.15) is 25.7 Å². The summed E-state index contributed by atoms with van der Waals surface area (Å²) in [6.07, 6.45) is -0.424. The van der Waals surface area contributed by atoms with Crippen molar-refractivity contribution >= 4 is 20.4 Å². The molecule has 0 bridgehead atoms. The van der Waals surface area contributed by atoms with Crippen LogP contribution in [-0.4, -0.2) is 39.1 Å². The van der Waals surface area contributed by atoms with Crippen molar-refractivity contribution in [2.24, 2.45) is 11.7 Å². The average molecular weight is 265 g/mol. The molecule has 0 amide bonds. The molecule has 2 atom stereocenters. The van der Waals surface area contributed by atoms with Crippen LogP contribution in [0.4, 0.5) is 0 Å². The van der Waals surface area contributed by atoms with E-state index in [4.69, 9.17) is 15.9 Å². The Hall–Kier alpha value is -1.04. The molecule has 5 N–H and O–H groups in total. The van der Waals surface area contributed by atoms with Crippen LogP contribution < -0.4 is 5.73 Å². The van der Waals surface area contributed by atoms with E-state index in [1.165, 1.54) is 0 Å². The Kier molecular flexibility index (Phi) is 6.87. The summed E-state index contributed by atoms with van der Waals surface area (Å²) in [5, 5.41) is 25.4. The largest absolute Gasteiger partial charge is 0.481 e. The van der Waals surface area contributed by atoms with Gasteiger partial charge in [-0.25, -0.2) is 0 Å². The molecular weight excluding hydrogens is 249 g/mol. The predicted octanol–water partition coefficient (Wildman–Crippen LogP) is 0.271. The van der Waals surface area contributed by atoms with Crippen molar-refractivity contribution in [1.82, 2.24) is 0 Å². The molecule has 0 aliphatic carbocycles. The van der Waals surface area contributed by atoms with Crippen molar-refractivity contribution in [2.75, 3.05) is 6.54 Å². The molecular formula is C9H16NO6P. The van der Waals surface area contributed by atoms with Gasteiger partial charge in [0.1, 0.15) is 0 Å². The summed E-state index contributed by atoms with van der Waals surface area (Å²) in [7, 11) is -0.730. The summed E-state index contributed by atoms with van der Waals surface area (Å²) < 4.78 is 10.9. The zero-order valence-corrected chi connectivity index (χ0v) is 10.1. The van der Waals surface area contributed by atoms with Gasteiger partial charge in [-0.2, -0.15) is 0 Å². The van der Waals surface area contributed by atoms with Crippen molar-refractivity contribution < 1.29 is 29.5 Å². The zero-order chi connectivity index (χ0) is 13.5. The molecule has 0 radical (unpaired) electrons. The quantitative estimate of drug-likeness (QED) is 0.439. The second-order valence-electron chi connectivity index (χ2n) is 3.69. The van der Waals surface area contributed by atoms with E-state index in [1.54, 1.807) is 0 Å². The van der Waals surface area contributed by atoms with Gasteiger partial charge in [0.15, 0.2) is 13.8 Å². The summed E-state index contributed by atoms with van der Waals surface area (Å²) in [5.74, 6) is -3.92. The lowest BCUT2D eigenvalue weighted by atomic mass is 9.93. The second-order valence-corrected chi connectivity index (χ2v) is 4.64. The van der Waals surface area contributed by atoms with Gasteiger partial charge in [-0.1, -0.05) is 0 Å². The van der Waals surface area contributed by atoms with Crippen LogP contribution in [-0.2, 0) is 14.2 Å². The summed E-state index contributed by atoms with van der Waals surface area (Å²) in [6.45, 7) is 0.225. The third-order valence-corrected chi connectivity index (χ3v) is 3.26. The van der Waals surface area contributed by atoms with Crippen LogP contribution in [0, 0.1) is 5.92 Å². The topological polar surface area (TPSA) is 138 Å². The van der Waals surface area contributed by atoms with Gasteiger partial charge in [-0.05, 0) is 25.8 Å². The molecule has 2 unspecified atom stereocenters. The van der Waals surface area contributed by atoms with Crippen LogP contribution in [0.15, 0.2) is 0 Å². The van der Waals surface area contributed by atoms with E-state index in [1.807, 2.05) is 0 Å². The third kappa shape index (κ3) is 5.21. The fourth-order valence-electron chi connectivity index (χ4n) is 1.47. The molecule has 0 aromatic carbocycles. The van der Waals surface area contributed by atoms with E-state index < -0.39 is 38.1 Å². The Morgan fingerprint density at radius 3 is 2.29 bits per heavy atom. The summed E-state index contributed by atoms with van der Waals surface area (Å²) >= 11 is 0. The fourth-order valence-corrected chi connectivity index (χ4v) is 2.08. The molecule has 0 saturated carbocycles. The first-order valence-corrected chi connectivity index (χ1v) is 5.90. The highest BCUT2D eigenvalue weighted by Crippen LogP contribution is 2.36. The van der Waals surface area contributed by atoms with Gasteiger partial charge in [-0.3, -0.25) is 14.2 Å². The number of carboxylic acids is 2. The number of nitrogens with two attached hydrogens (primary N) is 1. The Labute approximate surface area is 99.8 Å². The van der Waals surface area contributed by atoms with Crippen molar-refractivity contribution in [3.8, 4) is 0 Å². The summed E-state index contributed by atoms with van der Waals surface area (Å²) in [4.78, 5) is 21.3. The first-order chi connectivity index (χ1) is 7.87. The van der Waals surface area contributed by atoms with E-state index >= 15 is 0 Å². The average Bonchev–Trinajstić information content (AvgIpc) is 2.25. The Balaban J connectivity index is 4.78. The molecule has 0 aliphatic rings. The van der Waals surface area contributed by atoms with Gasteiger partial charge in [0.25, 0.3) is 0 Å². The summed E-state index contributed by atoms with van der Waals surface area (Å²) in [6, 6.07) is 0. The van der Waals surface area contributed by atoms with Crippen molar-refractivity contribution in [1.29, 1.82) is 0 Å². The predicted molar refractivity (Wildman–Crippen MR) is 58.8 cm³/mol. The number of hydrogen-bond acceptors (Lipinski definition) is 5. The maximum Gasteiger partial charge on any atom is 0.310 e. The molecule has 0 aromatic rings. The minimum Gasteiger partial charge on any atom is -0.481 e. The van der Waals surface area contributed by atoms with Gasteiger partial charge in [0, 0.05) is 6.42 Å². The first kappa shape index (κ1) is 16.0. The molecule has 0 spiro atoms. The molecule has 7 nitrogen and oxygen atoms in total. The number of carbonyl (C=O) groups is 2. The number of aliphatic carboxylic acids is 2. The van der Waals surface area contributed by atoms with Crippen LogP contribution >= 0.6 is 8.46 Å². The minimum atomic E-state index is -1.96. The van der Waals surface area contributed by atoms with E-state index in [9.17, 15) is 19.3 Å². The lowest BCUT2D eigenvalue weighted by molar-refractivity contribution is -0.148. The zero-order valence-electron chi connectivity index (χ0n) is 9.20. The van der Waals surface area contributed by atoms with E-state index in [0.29, 0.717) is 6.42 Å². The van der Waals surface area contributed by atoms with Crippen molar-refractivity contribution in [2.45, 2.75) is 31.0 Å². The fraction of sp³-hybridized carbons (Fsp3) is 0.778. The molecule has 17 heavy (non-hydrogen) atoms. The Bertz CT molecular complexity index is 297. The lowest BCUT2D eigenvalue weighted by Crippen LogP contribution is -2.38. The number of hydrogen-bond donors (Lipinski definition) is 4. The molecule has 0 fully saturated rings. The summed E-state index contributed by atoms with van der Waals surface area (Å²) in [5.41, 5.74) is 5.23. The van der Waals surface area contributed by atoms with Gasteiger partial charge >= 0.3 is 11.9 Å². The van der Waals surface area contributed by atoms with Crippen LogP contribution in [0.25, 0.3) is 0 Å². The first-order valence-electron chi connectivity index (χ1n) is 5.09. The molecule has 0 heterocycles. The maximum atomic E-state index is 11.0. The van der Waals surface area contributed by atoms with Gasteiger partial charge in [0.05, 0.1) is 5.92 Å². The monoisotopic (exact) mass is 265 g/mol. The maximum absolute atomic E-state index is 11.0. The normalized spacial score (nSPS) is 16.4. The standard InChI is InChI=1S/C9H16NO6P/c10-5-1-4-9(15,17-16)6(8(13)14)2-3-7(11)12/h6,15H,1-5,10H2,(H,11,12)(H,13,14). The van der Waals surface area contributed by atoms with E-state index in [-0.39, 0.29) is 19.4 Å². The molecule has 0 rings (SSSR count). The highest BCUT2D eigenvalue weighted by Gasteiger charge is 2.42. The Morgan fingerprint density at radius 1 is 1.35 bits per heavy atom. The highest BCUT2D eigenvalue weighted by atomic mass is 31.1. The lowest BCUT2D eigenvalue weighted by Gasteiger charge is -2.26. The van der Waals surface area contributed by atoms with E-state index in [2.05, 4.69) is 0 Å². The smallest absolute Gasteiger partial charge is 0.310 e. The molecule has 0 saturated heterocycles. The van der Waals surface area contributed by atoms with Crippen LogP contribution in [0.3, 0.4) is 0 Å². The molecule has 0 aliphatic heterocycles. The highest BCUT2D eigenvalue weighted by molar-refractivity contribution is 7.25. The Morgan fingerprint density at radius 2 is 1.94 bits per heavy atom. The number of rotatable bonds is 9. The van der Waals surface area contributed by atoms with E-state index in [0.717, 1.165) is 0 Å². The van der Waals surface area contributed by atoms with Crippen LogP contribution in [0.5, 0.6) is 0 Å². The van der Waals surface area contributed by atoms with Crippen molar-refractivity contribution in [3.05, 3.63) is 0 Å². The van der Waals surface area contributed by atoms with Gasteiger partial charge in [-0.15, -0.1) is 0 Å². The SMILES string of the molecule is NCCCC(O)(P=O)C(CCC(=O)O)C(=O)O. The third-order valence-electron chi connectivity index (χ3n) is 2.41. The molecule has 98 valence electrons. The van der Waals surface area contributed by atoms with Crippen molar-refractivity contribution in [3.63, 3.8) is 0 Å². The molecule has 0 aromatic heterocycles. The van der Waals surface area contributed by atoms with Crippen LogP contribution in [0.2, 0.25) is 0 Å². The molecule has 8 heteroatoms. The minimum absolute atomic E-state index is 0.0505.